The highest BCUT2D eigenvalue weighted by molar-refractivity contribution is 6.09. The fourth-order valence-corrected chi connectivity index (χ4v) is 3.48. The van der Waals surface area contributed by atoms with Gasteiger partial charge in [-0.25, -0.2) is 0 Å². The SMILES string of the molecule is COc1cc(C2=NOC(CC(=O)O)(C(=O)Nc3ccc(C)cc3C)C2)ccc1OCC(N)=O. The van der Waals surface area contributed by atoms with Gasteiger partial charge in [0.15, 0.2) is 18.1 Å². The minimum absolute atomic E-state index is 0.0688. The second kappa shape index (κ2) is 9.60. The number of nitrogens with two attached hydrogens (primary N) is 1. The third kappa shape index (κ3) is 5.40. The number of hydrogen-bond acceptors (Lipinski definition) is 7. The number of primary amides is 1. The first-order valence-corrected chi connectivity index (χ1v) is 10.1. The van der Waals surface area contributed by atoms with Gasteiger partial charge in [0, 0.05) is 17.7 Å². The molecule has 1 heterocycles. The Morgan fingerprint density at radius 2 is 1.94 bits per heavy atom. The Kier molecular flexibility index (Phi) is 6.86. The van der Waals surface area contributed by atoms with E-state index in [0.717, 1.165) is 11.1 Å². The summed E-state index contributed by atoms with van der Waals surface area (Å²) in [6.07, 6.45) is -0.644. The van der Waals surface area contributed by atoms with Crippen LogP contribution in [0.3, 0.4) is 0 Å². The maximum absolute atomic E-state index is 13.2. The average Bonchev–Trinajstić information content (AvgIpc) is 3.18. The third-order valence-corrected chi connectivity index (χ3v) is 5.13. The molecule has 1 atom stereocenters. The van der Waals surface area contributed by atoms with Gasteiger partial charge in [0.05, 0.1) is 19.2 Å². The number of carboxylic acids is 1. The number of aryl methyl sites for hydroxylation is 2. The van der Waals surface area contributed by atoms with Crippen LogP contribution in [0.2, 0.25) is 0 Å². The van der Waals surface area contributed by atoms with Gasteiger partial charge in [-0.3, -0.25) is 14.4 Å². The van der Waals surface area contributed by atoms with E-state index in [9.17, 15) is 19.5 Å². The Hall–Kier alpha value is -4.08. The molecule has 3 rings (SSSR count). The second-order valence-electron chi connectivity index (χ2n) is 7.76. The molecule has 0 saturated heterocycles. The lowest BCUT2D eigenvalue weighted by Gasteiger charge is -2.24. The Bertz CT molecular complexity index is 1130. The molecule has 1 aliphatic rings. The van der Waals surface area contributed by atoms with Crippen LogP contribution in [0.15, 0.2) is 41.6 Å². The number of carboxylic acid groups (broad SMARTS) is 1. The number of oxime groups is 1. The molecule has 0 saturated carbocycles. The van der Waals surface area contributed by atoms with E-state index in [2.05, 4.69) is 10.5 Å². The largest absolute Gasteiger partial charge is 0.493 e. The monoisotopic (exact) mass is 455 g/mol. The molecule has 0 radical (unpaired) electrons. The molecule has 0 spiro atoms. The fraction of sp³-hybridized carbons (Fsp3) is 0.304. The summed E-state index contributed by atoms with van der Waals surface area (Å²) in [5.74, 6) is -1.84. The van der Waals surface area contributed by atoms with Crippen LogP contribution in [0, 0.1) is 13.8 Å². The van der Waals surface area contributed by atoms with Crippen molar-refractivity contribution in [3.8, 4) is 11.5 Å². The minimum atomic E-state index is -1.72. The van der Waals surface area contributed by atoms with Crippen molar-refractivity contribution in [1.29, 1.82) is 0 Å². The van der Waals surface area contributed by atoms with Crippen molar-refractivity contribution in [3.05, 3.63) is 53.1 Å². The normalized spacial score (nSPS) is 17.0. The number of ether oxygens (including phenoxy) is 2. The topological polar surface area (TPSA) is 150 Å². The van der Waals surface area contributed by atoms with Gasteiger partial charge >= 0.3 is 5.97 Å². The van der Waals surface area contributed by atoms with E-state index < -0.39 is 29.8 Å². The molecule has 2 aromatic rings. The molecule has 0 bridgehead atoms. The molecule has 10 nitrogen and oxygen atoms in total. The average molecular weight is 455 g/mol. The van der Waals surface area contributed by atoms with Gasteiger partial charge in [-0.15, -0.1) is 0 Å². The summed E-state index contributed by atoms with van der Waals surface area (Å²) in [7, 11) is 1.43. The quantitative estimate of drug-likeness (QED) is 0.524. The Morgan fingerprint density at radius 1 is 1.18 bits per heavy atom. The highest BCUT2D eigenvalue weighted by Gasteiger charge is 2.49. The maximum atomic E-state index is 13.2. The lowest BCUT2D eigenvalue weighted by molar-refractivity contribution is -0.152. The van der Waals surface area contributed by atoms with Crippen LogP contribution in [-0.2, 0) is 19.2 Å². The van der Waals surface area contributed by atoms with Crippen molar-refractivity contribution in [2.24, 2.45) is 10.9 Å². The molecule has 1 unspecified atom stereocenters. The Balaban J connectivity index is 1.84. The second-order valence-corrected chi connectivity index (χ2v) is 7.76. The molecule has 2 amide bonds. The summed E-state index contributed by atoms with van der Waals surface area (Å²) < 4.78 is 10.6. The predicted molar refractivity (Wildman–Crippen MR) is 119 cm³/mol. The van der Waals surface area contributed by atoms with Crippen molar-refractivity contribution in [3.63, 3.8) is 0 Å². The summed E-state index contributed by atoms with van der Waals surface area (Å²) >= 11 is 0. The minimum Gasteiger partial charge on any atom is -0.493 e. The lowest BCUT2D eigenvalue weighted by Crippen LogP contribution is -2.45. The fourth-order valence-electron chi connectivity index (χ4n) is 3.48. The van der Waals surface area contributed by atoms with E-state index in [4.69, 9.17) is 20.0 Å². The number of nitrogens with zero attached hydrogens (tertiary/aromatic N) is 1. The molecular weight excluding hydrogens is 430 g/mol. The summed E-state index contributed by atoms with van der Waals surface area (Å²) in [6.45, 7) is 3.46. The Morgan fingerprint density at radius 3 is 2.58 bits per heavy atom. The van der Waals surface area contributed by atoms with Gasteiger partial charge in [0.25, 0.3) is 11.8 Å². The molecule has 0 fully saturated rings. The number of carbonyl (C=O) groups excluding carboxylic acids is 2. The van der Waals surface area contributed by atoms with Gasteiger partial charge in [-0.1, -0.05) is 22.9 Å². The van der Waals surface area contributed by atoms with Crippen LogP contribution in [0.4, 0.5) is 5.69 Å². The van der Waals surface area contributed by atoms with Crippen LogP contribution in [0.1, 0.15) is 29.5 Å². The molecule has 33 heavy (non-hydrogen) atoms. The molecular formula is C23H25N3O7. The first-order valence-electron chi connectivity index (χ1n) is 10.1. The van der Waals surface area contributed by atoms with Crippen molar-refractivity contribution in [2.45, 2.75) is 32.3 Å². The molecule has 0 aliphatic carbocycles. The number of hydrogen-bond donors (Lipinski definition) is 3. The zero-order valence-electron chi connectivity index (χ0n) is 18.5. The highest BCUT2D eigenvalue weighted by atomic mass is 16.7. The summed E-state index contributed by atoms with van der Waals surface area (Å²) in [6, 6.07) is 10.3. The van der Waals surface area contributed by atoms with E-state index in [-0.39, 0.29) is 13.0 Å². The van der Waals surface area contributed by atoms with E-state index in [0.29, 0.717) is 28.5 Å². The number of methoxy groups -OCH3 is 1. The Labute approximate surface area is 190 Å². The van der Waals surface area contributed by atoms with E-state index in [1.165, 1.54) is 7.11 Å². The number of aliphatic carboxylic acids is 1. The van der Waals surface area contributed by atoms with Crippen LogP contribution < -0.4 is 20.5 Å². The number of benzene rings is 2. The number of nitrogens with one attached hydrogen (secondary N) is 1. The van der Waals surface area contributed by atoms with Crippen molar-refractivity contribution in [1.82, 2.24) is 0 Å². The first-order chi connectivity index (χ1) is 15.6. The number of carbonyl (C=O) groups is 3. The van der Waals surface area contributed by atoms with Gasteiger partial charge in [0.2, 0.25) is 5.60 Å². The number of amides is 2. The van der Waals surface area contributed by atoms with Crippen molar-refractivity contribution >= 4 is 29.2 Å². The number of anilines is 1. The molecule has 2 aromatic carbocycles. The zero-order valence-corrected chi connectivity index (χ0v) is 18.5. The molecule has 4 N–H and O–H groups in total. The molecule has 0 aromatic heterocycles. The summed E-state index contributed by atoms with van der Waals surface area (Å²) in [5.41, 5.74) is 6.73. The van der Waals surface area contributed by atoms with Crippen LogP contribution >= 0.6 is 0 Å². The van der Waals surface area contributed by atoms with E-state index >= 15 is 0 Å². The van der Waals surface area contributed by atoms with Gasteiger partial charge in [0.1, 0.15) is 0 Å². The van der Waals surface area contributed by atoms with Crippen molar-refractivity contribution < 1.29 is 33.8 Å². The van der Waals surface area contributed by atoms with E-state index in [1.54, 1.807) is 24.3 Å². The van der Waals surface area contributed by atoms with Gasteiger partial charge < -0.3 is 30.5 Å². The zero-order chi connectivity index (χ0) is 24.2. The van der Waals surface area contributed by atoms with Crippen LogP contribution in [-0.4, -0.2) is 47.9 Å². The summed E-state index contributed by atoms with van der Waals surface area (Å²) in [5, 5.41) is 16.2. The molecule has 1 aliphatic heterocycles. The van der Waals surface area contributed by atoms with Gasteiger partial charge in [-0.2, -0.15) is 0 Å². The van der Waals surface area contributed by atoms with Crippen LogP contribution in [0.5, 0.6) is 11.5 Å². The molecule has 10 heteroatoms. The smallest absolute Gasteiger partial charge is 0.308 e. The predicted octanol–water partition coefficient (Wildman–Crippen LogP) is 2.15. The summed E-state index contributed by atoms with van der Waals surface area (Å²) in [4.78, 5) is 41.1. The van der Waals surface area contributed by atoms with Crippen LogP contribution in [0.25, 0.3) is 0 Å². The first kappa shape index (κ1) is 23.6. The highest BCUT2D eigenvalue weighted by Crippen LogP contribution is 2.35. The van der Waals surface area contributed by atoms with Crippen molar-refractivity contribution in [2.75, 3.05) is 19.0 Å². The molecule has 174 valence electrons. The third-order valence-electron chi connectivity index (χ3n) is 5.13. The standard InChI is InChI=1S/C23H25N3O7/c1-13-4-6-16(14(2)8-13)25-22(30)23(11-21(28)29)10-17(26-33-23)15-5-7-18(19(9-15)31-3)32-12-20(24)27/h4-9H,10-12H2,1-3H3,(H2,24,27)(H,25,30)(H,28,29). The number of rotatable bonds is 9. The maximum Gasteiger partial charge on any atom is 0.308 e. The lowest BCUT2D eigenvalue weighted by atomic mass is 9.89. The van der Waals surface area contributed by atoms with E-state index in [1.807, 2.05) is 26.0 Å². The van der Waals surface area contributed by atoms with Gasteiger partial charge in [-0.05, 0) is 43.7 Å².